The van der Waals surface area contributed by atoms with E-state index >= 15 is 0 Å². The second-order valence-electron chi connectivity index (χ2n) is 10.6. The van der Waals surface area contributed by atoms with Crippen molar-refractivity contribution in [3.8, 4) is 17.0 Å². The summed E-state index contributed by atoms with van der Waals surface area (Å²) < 4.78 is 52.4. The van der Waals surface area contributed by atoms with Crippen molar-refractivity contribution < 1.29 is 37.3 Å². The maximum absolute atomic E-state index is 13.1. The van der Waals surface area contributed by atoms with Crippen LogP contribution in [0.4, 0.5) is 13.2 Å². The van der Waals surface area contributed by atoms with Gasteiger partial charge in [0.15, 0.2) is 5.69 Å². The Balaban J connectivity index is 1.26. The van der Waals surface area contributed by atoms with E-state index in [1.165, 1.54) is 22.9 Å². The third-order valence-corrected chi connectivity index (χ3v) is 7.53. The zero-order valence-electron chi connectivity index (χ0n) is 23.8. The van der Waals surface area contributed by atoms with Crippen molar-refractivity contribution in [2.75, 3.05) is 0 Å². The van der Waals surface area contributed by atoms with E-state index in [0.717, 1.165) is 43.4 Å². The summed E-state index contributed by atoms with van der Waals surface area (Å²) in [5.41, 5.74) is 1.88. The van der Waals surface area contributed by atoms with Crippen molar-refractivity contribution in [1.29, 1.82) is 0 Å². The fourth-order valence-electron chi connectivity index (χ4n) is 5.28. The van der Waals surface area contributed by atoms with Gasteiger partial charge in [-0.05, 0) is 47.2 Å². The molecule has 0 bridgehead atoms. The molecule has 1 fully saturated rings. The molecule has 230 valence electrons. The Kier molecular flexibility index (Phi) is 9.64. The summed E-state index contributed by atoms with van der Waals surface area (Å²) in [5.74, 6) is -1.57. The number of benzene rings is 3. The molecule has 2 atom stereocenters. The fourth-order valence-corrected chi connectivity index (χ4v) is 5.28. The van der Waals surface area contributed by atoms with Crippen LogP contribution in [0.1, 0.15) is 52.9 Å². The average Bonchev–Trinajstić information content (AvgIpc) is 3.42. The molecule has 5 rings (SSSR count). The number of aromatic carboxylic acids is 1. The normalized spacial score (nSPS) is 16.8. The molecule has 3 aromatic carbocycles. The minimum Gasteiger partial charge on any atom is -0.476 e. The van der Waals surface area contributed by atoms with Gasteiger partial charge in [0, 0.05) is 6.07 Å². The zero-order valence-corrected chi connectivity index (χ0v) is 23.8. The van der Waals surface area contributed by atoms with Crippen LogP contribution in [0.25, 0.3) is 11.1 Å². The van der Waals surface area contributed by atoms with Crippen LogP contribution in [0.15, 0.2) is 84.9 Å². The van der Waals surface area contributed by atoms with Crippen LogP contribution in [-0.2, 0) is 35.5 Å². The minimum atomic E-state index is -4.44. The van der Waals surface area contributed by atoms with Crippen molar-refractivity contribution in [3.63, 3.8) is 0 Å². The van der Waals surface area contributed by atoms with Gasteiger partial charge in [0.25, 0.3) is 0 Å². The first kappa shape index (κ1) is 30.8. The quantitative estimate of drug-likeness (QED) is 0.202. The number of halogens is 3. The third kappa shape index (κ3) is 7.84. The summed E-state index contributed by atoms with van der Waals surface area (Å²) in [4.78, 5) is 24.8. The van der Waals surface area contributed by atoms with Gasteiger partial charge in [-0.1, -0.05) is 79.6 Å². The number of carbonyl (C=O) groups excluding carboxylic acids is 1. The molecule has 1 unspecified atom stereocenters. The van der Waals surface area contributed by atoms with Crippen molar-refractivity contribution in [2.45, 2.75) is 63.8 Å². The molecule has 1 aliphatic rings. The zero-order chi connectivity index (χ0) is 31.1. The molecule has 1 saturated carbocycles. The van der Waals surface area contributed by atoms with Crippen LogP contribution >= 0.6 is 0 Å². The van der Waals surface area contributed by atoms with Crippen LogP contribution < -0.4 is 10.1 Å². The van der Waals surface area contributed by atoms with Gasteiger partial charge in [0.05, 0.1) is 24.3 Å². The first-order chi connectivity index (χ1) is 21.2. The van der Waals surface area contributed by atoms with Crippen LogP contribution in [0.5, 0.6) is 5.88 Å². The van der Waals surface area contributed by atoms with Crippen LogP contribution in [0, 0.1) is 0 Å². The number of hydrogen-bond acceptors (Lipinski definition) is 5. The molecule has 1 aliphatic carbocycles. The smallest absolute Gasteiger partial charge is 0.416 e. The highest BCUT2D eigenvalue weighted by Crippen LogP contribution is 2.32. The van der Waals surface area contributed by atoms with Crippen LogP contribution in [0.2, 0.25) is 0 Å². The Morgan fingerprint density at radius 1 is 0.932 bits per heavy atom. The van der Waals surface area contributed by atoms with Crippen molar-refractivity contribution in [2.24, 2.45) is 0 Å². The van der Waals surface area contributed by atoms with Gasteiger partial charge in [0.2, 0.25) is 11.8 Å². The van der Waals surface area contributed by atoms with E-state index in [9.17, 15) is 27.9 Å². The largest absolute Gasteiger partial charge is 0.476 e. The minimum absolute atomic E-state index is 0.0401. The molecule has 1 aromatic heterocycles. The number of ether oxygens (including phenoxy) is 2. The molecule has 0 aliphatic heterocycles. The Morgan fingerprint density at radius 3 is 2.36 bits per heavy atom. The molecular weight excluding hydrogens is 575 g/mol. The summed E-state index contributed by atoms with van der Waals surface area (Å²) in [7, 11) is 0. The monoisotopic (exact) mass is 607 g/mol. The van der Waals surface area contributed by atoms with E-state index in [4.69, 9.17) is 9.47 Å². The lowest BCUT2D eigenvalue weighted by Crippen LogP contribution is -2.47. The molecule has 1 heterocycles. The molecule has 4 aromatic rings. The van der Waals surface area contributed by atoms with Gasteiger partial charge < -0.3 is 19.9 Å². The lowest BCUT2D eigenvalue weighted by molar-refractivity contribution is -0.137. The predicted molar refractivity (Wildman–Crippen MR) is 156 cm³/mol. The van der Waals surface area contributed by atoms with E-state index in [1.54, 1.807) is 24.3 Å². The number of carboxylic acid groups (broad SMARTS) is 1. The first-order valence-electron chi connectivity index (χ1n) is 14.3. The molecule has 0 radical (unpaired) electrons. The number of alkyl halides is 3. The van der Waals surface area contributed by atoms with E-state index in [1.807, 2.05) is 30.3 Å². The number of amides is 1. The maximum atomic E-state index is 13.1. The first-order valence-corrected chi connectivity index (χ1v) is 14.3. The Labute approximate surface area is 252 Å². The third-order valence-electron chi connectivity index (χ3n) is 7.53. The van der Waals surface area contributed by atoms with Crippen molar-refractivity contribution in [1.82, 2.24) is 15.1 Å². The Hall–Kier alpha value is -4.64. The van der Waals surface area contributed by atoms with Gasteiger partial charge in [-0.25, -0.2) is 9.48 Å². The molecule has 0 spiro atoms. The number of nitrogens with zero attached hydrogens (tertiary/aromatic N) is 2. The highest BCUT2D eigenvalue weighted by molar-refractivity contribution is 5.86. The summed E-state index contributed by atoms with van der Waals surface area (Å²) >= 11 is 0. The lowest BCUT2D eigenvalue weighted by Gasteiger charge is -2.32. The number of carboxylic acids is 1. The number of carbonyl (C=O) groups is 2. The highest BCUT2D eigenvalue weighted by atomic mass is 19.4. The fraction of sp³-hybridized carbons (Fsp3) is 0.303. The molecule has 1 amide bonds. The van der Waals surface area contributed by atoms with Gasteiger partial charge >= 0.3 is 12.1 Å². The average molecular weight is 608 g/mol. The summed E-state index contributed by atoms with van der Waals surface area (Å²) in [6.45, 7) is 0.123. The SMILES string of the molecule is O=C(Cn1nc(C(=O)O)cc1OCc1ccccc1-c1ccc(C(F)(F)F)cc1)NC1CCCC[C@@H]1OCc1ccccc1. The predicted octanol–water partition coefficient (Wildman–Crippen LogP) is 6.49. The summed E-state index contributed by atoms with van der Waals surface area (Å²) in [5, 5.41) is 16.6. The Morgan fingerprint density at radius 2 is 1.64 bits per heavy atom. The van der Waals surface area contributed by atoms with E-state index in [0.29, 0.717) is 23.3 Å². The molecule has 44 heavy (non-hydrogen) atoms. The van der Waals surface area contributed by atoms with Crippen LogP contribution in [-0.4, -0.2) is 38.9 Å². The molecule has 2 N–H and O–H groups in total. The van der Waals surface area contributed by atoms with E-state index in [-0.39, 0.29) is 42.8 Å². The maximum Gasteiger partial charge on any atom is 0.416 e. The standard InChI is InChI=1S/C33H32F3N3O5/c34-33(35,36)25-16-14-23(15-17-25)26-11-5-4-10-24(26)21-44-31-18-28(32(41)42)38-39(31)19-30(40)37-27-12-6-7-13-29(27)43-20-22-8-2-1-3-9-22/h1-5,8-11,14-18,27,29H,6-7,12-13,19-21H2,(H,37,40)(H,41,42)/t27?,29-/m0/s1. The van der Waals surface area contributed by atoms with Gasteiger partial charge in [-0.2, -0.15) is 18.3 Å². The van der Waals surface area contributed by atoms with E-state index < -0.39 is 17.7 Å². The number of rotatable bonds is 11. The number of aromatic nitrogens is 2. The highest BCUT2D eigenvalue weighted by Gasteiger charge is 2.30. The second-order valence-corrected chi connectivity index (χ2v) is 10.6. The number of nitrogens with one attached hydrogen (secondary N) is 1. The Bertz CT molecular complexity index is 1570. The van der Waals surface area contributed by atoms with Crippen molar-refractivity contribution >= 4 is 11.9 Å². The molecule has 0 saturated heterocycles. The van der Waals surface area contributed by atoms with Crippen LogP contribution in [0.3, 0.4) is 0 Å². The van der Waals surface area contributed by atoms with Gasteiger partial charge in [-0.15, -0.1) is 0 Å². The number of hydrogen-bond donors (Lipinski definition) is 2. The van der Waals surface area contributed by atoms with Crippen molar-refractivity contribution in [3.05, 3.63) is 107 Å². The lowest BCUT2D eigenvalue weighted by atomic mass is 9.92. The van der Waals surface area contributed by atoms with Gasteiger partial charge in [-0.3, -0.25) is 4.79 Å². The molecule has 8 nitrogen and oxygen atoms in total. The molecular formula is C33H32F3N3O5. The second kappa shape index (κ2) is 13.8. The van der Waals surface area contributed by atoms with Gasteiger partial charge in [0.1, 0.15) is 13.2 Å². The summed E-state index contributed by atoms with van der Waals surface area (Å²) in [6.07, 6.45) is -1.07. The topological polar surface area (TPSA) is 103 Å². The van der Waals surface area contributed by atoms with E-state index in [2.05, 4.69) is 10.4 Å². The molecule has 11 heteroatoms. The summed E-state index contributed by atoms with van der Waals surface area (Å²) in [6, 6.07) is 22.7.